The smallest absolute Gasteiger partial charge is 0.234 e. The molecule has 1 atom stereocenters. The molecular formula is C22H28N2O2. The van der Waals surface area contributed by atoms with Crippen molar-refractivity contribution in [2.24, 2.45) is 0 Å². The van der Waals surface area contributed by atoms with Gasteiger partial charge in [-0.3, -0.25) is 9.69 Å². The maximum atomic E-state index is 12.4. The summed E-state index contributed by atoms with van der Waals surface area (Å²) in [6.45, 7) is 1.83. The Balaban J connectivity index is 1.76. The highest BCUT2D eigenvalue weighted by Gasteiger charge is 2.17. The van der Waals surface area contributed by atoms with Gasteiger partial charge in [-0.2, -0.15) is 0 Å². The Morgan fingerprint density at radius 3 is 2.69 bits per heavy atom. The second kappa shape index (κ2) is 9.39. The summed E-state index contributed by atoms with van der Waals surface area (Å²) < 4.78 is 6.13. The molecule has 4 heteroatoms. The van der Waals surface area contributed by atoms with Gasteiger partial charge in [-0.1, -0.05) is 48.5 Å². The minimum absolute atomic E-state index is 0.0490. The van der Waals surface area contributed by atoms with E-state index in [2.05, 4.69) is 34.5 Å². The van der Waals surface area contributed by atoms with Crippen molar-refractivity contribution in [3.05, 3.63) is 65.7 Å². The lowest BCUT2D eigenvalue weighted by atomic mass is 10.1. The molecule has 0 radical (unpaired) electrons. The van der Waals surface area contributed by atoms with Crippen LogP contribution in [0.1, 0.15) is 24.0 Å². The number of hydrogen-bond acceptors (Lipinski definition) is 3. The van der Waals surface area contributed by atoms with Crippen molar-refractivity contribution in [1.82, 2.24) is 10.2 Å². The highest BCUT2D eigenvalue weighted by atomic mass is 16.5. The third kappa shape index (κ3) is 5.60. The SMILES string of the molecule is CN1CCCCc2ccccc2OC[C@H](Cc2ccccc2)NC(=O)C1. The molecule has 1 aliphatic rings. The first-order valence-electron chi connectivity index (χ1n) is 9.43. The Morgan fingerprint density at radius 1 is 1.08 bits per heavy atom. The predicted molar refractivity (Wildman–Crippen MR) is 104 cm³/mol. The molecule has 0 saturated carbocycles. The number of benzene rings is 2. The van der Waals surface area contributed by atoms with Gasteiger partial charge < -0.3 is 10.1 Å². The zero-order valence-corrected chi connectivity index (χ0v) is 15.5. The highest BCUT2D eigenvalue weighted by Crippen LogP contribution is 2.21. The van der Waals surface area contributed by atoms with E-state index in [-0.39, 0.29) is 11.9 Å². The number of fused-ring (bicyclic) bond motifs is 1. The topological polar surface area (TPSA) is 41.6 Å². The van der Waals surface area contributed by atoms with Crippen LogP contribution in [-0.2, 0) is 17.6 Å². The van der Waals surface area contributed by atoms with Crippen LogP contribution in [0.5, 0.6) is 5.75 Å². The van der Waals surface area contributed by atoms with E-state index >= 15 is 0 Å². The van der Waals surface area contributed by atoms with E-state index in [1.807, 2.05) is 37.4 Å². The number of aryl methyl sites for hydroxylation is 1. The van der Waals surface area contributed by atoms with E-state index in [0.29, 0.717) is 13.2 Å². The number of nitrogens with zero attached hydrogens (tertiary/aromatic N) is 1. The van der Waals surface area contributed by atoms with Gasteiger partial charge in [0.05, 0.1) is 12.6 Å². The van der Waals surface area contributed by atoms with Crippen molar-refractivity contribution in [2.75, 3.05) is 26.7 Å². The van der Waals surface area contributed by atoms with E-state index < -0.39 is 0 Å². The van der Waals surface area contributed by atoms with Gasteiger partial charge in [-0.25, -0.2) is 0 Å². The fourth-order valence-corrected chi connectivity index (χ4v) is 3.39. The van der Waals surface area contributed by atoms with E-state index in [1.165, 1.54) is 11.1 Å². The highest BCUT2D eigenvalue weighted by molar-refractivity contribution is 5.78. The van der Waals surface area contributed by atoms with Crippen molar-refractivity contribution in [1.29, 1.82) is 0 Å². The number of para-hydroxylation sites is 1. The van der Waals surface area contributed by atoms with Crippen LogP contribution in [0.15, 0.2) is 54.6 Å². The Bertz CT molecular complexity index is 702. The van der Waals surface area contributed by atoms with Crippen molar-refractivity contribution in [2.45, 2.75) is 31.7 Å². The first-order chi connectivity index (χ1) is 12.7. The molecule has 0 saturated heterocycles. The molecule has 2 aromatic carbocycles. The van der Waals surface area contributed by atoms with E-state index in [1.54, 1.807) is 0 Å². The molecule has 138 valence electrons. The van der Waals surface area contributed by atoms with Gasteiger partial charge in [0, 0.05) is 0 Å². The lowest BCUT2D eigenvalue weighted by molar-refractivity contribution is -0.122. The molecule has 0 bridgehead atoms. The number of likely N-dealkylation sites (N-methyl/N-ethyl adjacent to an activating group) is 1. The van der Waals surface area contributed by atoms with Crippen LogP contribution < -0.4 is 10.1 Å². The Kier molecular flexibility index (Phi) is 6.67. The molecule has 0 aromatic heterocycles. The van der Waals surface area contributed by atoms with Gasteiger partial charge in [0.15, 0.2) is 0 Å². The van der Waals surface area contributed by atoms with Crippen molar-refractivity contribution in [3.8, 4) is 5.75 Å². The Labute approximate surface area is 156 Å². The van der Waals surface area contributed by atoms with Crippen molar-refractivity contribution < 1.29 is 9.53 Å². The van der Waals surface area contributed by atoms with Crippen LogP contribution in [0.2, 0.25) is 0 Å². The van der Waals surface area contributed by atoms with Gasteiger partial charge in [0.2, 0.25) is 5.91 Å². The molecule has 1 heterocycles. The molecule has 1 aliphatic heterocycles. The molecule has 0 fully saturated rings. The van der Waals surface area contributed by atoms with Crippen LogP contribution in [0.25, 0.3) is 0 Å². The predicted octanol–water partition coefficient (Wildman–Crippen LogP) is 3.06. The lowest BCUT2D eigenvalue weighted by Crippen LogP contribution is -2.45. The zero-order chi connectivity index (χ0) is 18.2. The molecule has 0 aliphatic carbocycles. The van der Waals surface area contributed by atoms with Gasteiger partial charge in [-0.05, 0) is 56.5 Å². The zero-order valence-electron chi connectivity index (χ0n) is 15.5. The quantitative estimate of drug-likeness (QED) is 0.903. The van der Waals surface area contributed by atoms with Crippen LogP contribution in [0.4, 0.5) is 0 Å². The van der Waals surface area contributed by atoms with E-state index in [4.69, 9.17) is 4.74 Å². The van der Waals surface area contributed by atoms with Crippen LogP contribution in [0.3, 0.4) is 0 Å². The summed E-state index contributed by atoms with van der Waals surface area (Å²) in [7, 11) is 2.01. The van der Waals surface area contributed by atoms with E-state index in [0.717, 1.165) is 38.0 Å². The summed E-state index contributed by atoms with van der Waals surface area (Å²) in [6, 6.07) is 18.4. The first kappa shape index (κ1) is 18.5. The van der Waals surface area contributed by atoms with Crippen molar-refractivity contribution >= 4 is 5.91 Å². The summed E-state index contributed by atoms with van der Waals surface area (Å²) in [5.41, 5.74) is 2.45. The first-order valence-corrected chi connectivity index (χ1v) is 9.43. The third-order valence-corrected chi connectivity index (χ3v) is 4.75. The van der Waals surface area contributed by atoms with Crippen LogP contribution in [0, 0.1) is 0 Å². The van der Waals surface area contributed by atoms with Gasteiger partial charge in [0.25, 0.3) is 0 Å². The molecule has 0 unspecified atom stereocenters. The molecule has 0 spiro atoms. The molecular weight excluding hydrogens is 324 g/mol. The van der Waals surface area contributed by atoms with Crippen molar-refractivity contribution in [3.63, 3.8) is 0 Å². The average Bonchev–Trinajstić information content (AvgIpc) is 2.65. The number of rotatable bonds is 2. The molecule has 4 nitrogen and oxygen atoms in total. The third-order valence-electron chi connectivity index (χ3n) is 4.75. The van der Waals surface area contributed by atoms with Crippen LogP contribution in [-0.4, -0.2) is 43.6 Å². The average molecular weight is 352 g/mol. The van der Waals surface area contributed by atoms with E-state index in [9.17, 15) is 4.79 Å². The molecule has 1 N–H and O–H groups in total. The lowest BCUT2D eigenvalue weighted by Gasteiger charge is -2.22. The maximum absolute atomic E-state index is 12.4. The Hall–Kier alpha value is -2.33. The summed E-state index contributed by atoms with van der Waals surface area (Å²) >= 11 is 0. The second-order valence-electron chi connectivity index (χ2n) is 7.07. The summed E-state index contributed by atoms with van der Waals surface area (Å²) in [5, 5.41) is 3.16. The monoisotopic (exact) mass is 352 g/mol. The molecule has 3 rings (SSSR count). The number of amides is 1. The summed E-state index contributed by atoms with van der Waals surface area (Å²) in [5.74, 6) is 0.997. The standard InChI is InChI=1S/C22H28N2O2/c1-24-14-8-7-12-19-11-5-6-13-21(19)26-17-20(23-22(25)16-24)15-18-9-3-2-4-10-18/h2-6,9-11,13,20H,7-8,12,14-17H2,1H3,(H,23,25)/t20-/m0/s1. The minimum atomic E-state index is -0.0490. The number of hydrogen-bond donors (Lipinski definition) is 1. The normalized spacial score (nSPS) is 19.9. The molecule has 2 aromatic rings. The van der Waals surface area contributed by atoms with Gasteiger partial charge in [-0.15, -0.1) is 0 Å². The van der Waals surface area contributed by atoms with Crippen LogP contribution >= 0.6 is 0 Å². The number of ether oxygens (including phenoxy) is 1. The maximum Gasteiger partial charge on any atom is 0.234 e. The molecule has 1 amide bonds. The van der Waals surface area contributed by atoms with Gasteiger partial charge >= 0.3 is 0 Å². The molecule has 26 heavy (non-hydrogen) atoms. The van der Waals surface area contributed by atoms with Gasteiger partial charge in [0.1, 0.15) is 12.4 Å². The summed E-state index contributed by atoms with van der Waals surface area (Å²) in [6.07, 6.45) is 3.94. The minimum Gasteiger partial charge on any atom is -0.491 e. The number of carbonyl (C=O) groups is 1. The second-order valence-corrected chi connectivity index (χ2v) is 7.07. The fraction of sp³-hybridized carbons (Fsp3) is 0.409. The largest absolute Gasteiger partial charge is 0.491 e. The Morgan fingerprint density at radius 2 is 1.85 bits per heavy atom. The number of nitrogens with one attached hydrogen (secondary N) is 1. The fourth-order valence-electron chi connectivity index (χ4n) is 3.39. The number of carbonyl (C=O) groups excluding carboxylic acids is 1. The summed E-state index contributed by atoms with van der Waals surface area (Å²) in [4.78, 5) is 14.5.